The van der Waals surface area contributed by atoms with Gasteiger partial charge < -0.3 is 4.42 Å². The molecule has 0 radical (unpaired) electrons. The Labute approximate surface area is 111 Å². The van der Waals surface area contributed by atoms with Gasteiger partial charge in [0.2, 0.25) is 10.0 Å². The molecule has 1 aromatic carbocycles. The second-order valence-electron chi connectivity index (χ2n) is 4.49. The van der Waals surface area contributed by atoms with Crippen molar-refractivity contribution in [1.82, 2.24) is 9.29 Å². The zero-order valence-corrected chi connectivity index (χ0v) is 11.8. The Balaban J connectivity index is 2.49. The molecule has 6 nitrogen and oxygen atoms in total. The number of sulfonamides is 1. The molecule has 0 saturated heterocycles. The molecule has 0 spiro atoms. The minimum atomic E-state index is -3.59. The molecule has 104 valence electrons. The van der Waals surface area contributed by atoms with Crippen molar-refractivity contribution in [3.05, 3.63) is 28.7 Å². The predicted molar refractivity (Wildman–Crippen MR) is 71.5 cm³/mol. The Morgan fingerprint density at radius 3 is 2.74 bits per heavy atom. The zero-order chi connectivity index (χ0) is 14.2. The van der Waals surface area contributed by atoms with Crippen LogP contribution in [0.5, 0.6) is 0 Å². The van der Waals surface area contributed by atoms with E-state index >= 15 is 0 Å². The fourth-order valence-corrected chi connectivity index (χ4v) is 3.04. The van der Waals surface area contributed by atoms with E-state index in [-0.39, 0.29) is 16.5 Å². The summed E-state index contributed by atoms with van der Waals surface area (Å²) in [5.41, 5.74) is 0.826. The summed E-state index contributed by atoms with van der Waals surface area (Å²) >= 11 is 0. The molecule has 19 heavy (non-hydrogen) atoms. The fraction of sp³-hybridized carbons (Fsp3) is 0.417. The first-order valence-electron chi connectivity index (χ1n) is 5.97. The zero-order valence-electron chi connectivity index (χ0n) is 11.0. The molecule has 2 rings (SSSR count). The van der Waals surface area contributed by atoms with Crippen LogP contribution in [-0.2, 0) is 17.1 Å². The molecule has 1 N–H and O–H groups in total. The predicted octanol–water partition coefficient (Wildman–Crippen LogP) is 1.21. The van der Waals surface area contributed by atoms with Crippen LogP contribution in [0, 0.1) is 0 Å². The number of hydrogen-bond acceptors (Lipinski definition) is 4. The Kier molecular flexibility index (Phi) is 3.51. The normalized spacial score (nSPS) is 13.8. The van der Waals surface area contributed by atoms with Gasteiger partial charge in [-0.25, -0.2) is 17.9 Å². The molecule has 0 amide bonds. The maximum absolute atomic E-state index is 12.1. The summed E-state index contributed by atoms with van der Waals surface area (Å²) in [5, 5.41) is 0. The Bertz CT molecular complexity index is 758. The fourth-order valence-electron chi connectivity index (χ4n) is 1.70. The minimum absolute atomic E-state index is 0.0923. The van der Waals surface area contributed by atoms with E-state index in [0.29, 0.717) is 11.9 Å². The van der Waals surface area contributed by atoms with Gasteiger partial charge in [0.05, 0.1) is 10.4 Å². The summed E-state index contributed by atoms with van der Waals surface area (Å²) in [7, 11) is -2.02. The van der Waals surface area contributed by atoms with Gasteiger partial charge in [-0.15, -0.1) is 0 Å². The van der Waals surface area contributed by atoms with E-state index in [1.165, 1.54) is 16.7 Å². The molecule has 0 aliphatic heterocycles. The lowest BCUT2D eigenvalue weighted by atomic mass is 10.3. The number of fused-ring (bicyclic) bond motifs is 1. The van der Waals surface area contributed by atoms with E-state index in [9.17, 15) is 13.2 Å². The Hall–Kier alpha value is -1.60. The number of hydrogen-bond donors (Lipinski definition) is 1. The van der Waals surface area contributed by atoms with Gasteiger partial charge in [-0.2, -0.15) is 0 Å². The quantitative estimate of drug-likeness (QED) is 0.915. The molecule has 1 aromatic heterocycles. The van der Waals surface area contributed by atoms with Crippen LogP contribution in [0.2, 0.25) is 0 Å². The van der Waals surface area contributed by atoms with Crippen molar-refractivity contribution in [3.63, 3.8) is 0 Å². The van der Waals surface area contributed by atoms with E-state index in [1.54, 1.807) is 20.0 Å². The maximum atomic E-state index is 12.1. The van der Waals surface area contributed by atoms with Crippen LogP contribution in [0.3, 0.4) is 0 Å². The molecule has 0 bridgehead atoms. The lowest BCUT2D eigenvalue weighted by Gasteiger charge is -2.11. The van der Waals surface area contributed by atoms with E-state index in [2.05, 4.69) is 4.72 Å². The highest BCUT2D eigenvalue weighted by molar-refractivity contribution is 7.89. The van der Waals surface area contributed by atoms with Crippen LogP contribution in [0.15, 0.2) is 32.3 Å². The molecular weight excluding hydrogens is 268 g/mol. The number of aryl methyl sites for hydroxylation is 1. The van der Waals surface area contributed by atoms with Gasteiger partial charge in [-0.05, 0) is 25.5 Å². The molecule has 1 atom stereocenters. The van der Waals surface area contributed by atoms with Crippen LogP contribution < -0.4 is 10.5 Å². The molecule has 7 heteroatoms. The molecule has 0 aliphatic carbocycles. The largest absolute Gasteiger partial charge is 0.419 e. The highest BCUT2D eigenvalue weighted by Crippen LogP contribution is 2.18. The Morgan fingerprint density at radius 2 is 2.11 bits per heavy atom. The molecule has 0 saturated carbocycles. The summed E-state index contributed by atoms with van der Waals surface area (Å²) in [4.78, 5) is 11.4. The van der Waals surface area contributed by atoms with Crippen molar-refractivity contribution in [2.75, 3.05) is 0 Å². The van der Waals surface area contributed by atoms with E-state index in [1.807, 2.05) is 6.92 Å². The van der Waals surface area contributed by atoms with E-state index in [4.69, 9.17) is 4.42 Å². The smallest absolute Gasteiger partial charge is 0.408 e. The third kappa shape index (κ3) is 2.57. The average Bonchev–Trinajstić information content (AvgIpc) is 2.64. The highest BCUT2D eigenvalue weighted by atomic mass is 32.2. The number of rotatable bonds is 4. The minimum Gasteiger partial charge on any atom is -0.408 e. The van der Waals surface area contributed by atoms with Crippen LogP contribution in [0.1, 0.15) is 20.3 Å². The van der Waals surface area contributed by atoms with Crippen LogP contribution in [-0.4, -0.2) is 19.0 Å². The van der Waals surface area contributed by atoms with Crippen molar-refractivity contribution >= 4 is 21.1 Å². The maximum Gasteiger partial charge on any atom is 0.419 e. The van der Waals surface area contributed by atoms with Crippen molar-refractivity contribution in [2.45, 2.75) is 31.2 Å². The number of aromatic nitrogens is 1. The standard InChI is InChI=1S/C12H16N2O4S/c1-4-8(2)13-19(16,17)9-5-6-10-11(7-9)18-12(15)14(10)3/h5-8,13H,4H2,1-3H3/t8-/m0/s1. The molecule has 0 aliphatic rings. The summed E-state index contributed by atoms with van der Waals surface area (Å²) < 4.78 is 33.1. The summed E-state index contributed by atoms with van der Waals surface area (Å²) in [5.74, 6) is -0.514. The van der Waals surface area contributed by atoms with Crippen molar-refractivity contribution < 1.29 is 12.8 Å². The first kappa shape index (κ1) is 13.8. The van der Waals surface area contributed by atoms with Crippen molar-refractivity contribution in [1.29, 1.82) is 0 Å². The van der Waals surface area contributed by atoms with Gasteiger partial charge >= 0.3 is 5.76 Å². The number of benzene rings is 1. The van der Waals surface area contributed by atoms with Gasteiger partial charge in [0.1, 0.15) is 0 Å². The third-order valence-corrected chi connectivity index (χ3v) is 4.63. The second kappa shape index (κ2) is 4.82. The topological polar surface area (TPSA) is 81.3 Å². The first-order valence-corrected chi connectivity index (χ1v) is 7.45. The number of nitrogens with one attached hydrogen (secondary N) is 1. The molecule has 0 unspecified atom stereocenters. The highest BCUT2D eigenvalue weighted by Gasteiger charge is 2.18. The average molecular weight is 284 g/mol. The van der Waals surface area contributed by atoms with Gasteiger partial charge in [-0.1, -0.05) is 6.92 Å². The first-order chi connectivity index (χ1) is 8.85. The van der Waals surface area contributed by atoms with E-state index < -0.39 is 15.8 Å². The second-order valence-corrected chi connectivity index (χ2v) is 6.20. The summed E-state index contributed by atoms with van der Waals surface area (Å²) in [6.07, 6.45) is 0.696. The molecule has 0 fully saturated rings. The van der Waals surface area contributed by atoms with Gasteiger partial charge in [0, 0.05) is 19.2 Å². The number of nitrogens with zero attached hydrogens (tertiary/aromatic N) is 1. The lowest BCUT2D eigenvalue weighted by Crippen LogP contribution is -2.31. The van der Waals surface area contributed by atoms with Gasteiger partial charge in [0.25, 0.3) is 0 Å². The lowest BCUT2D eigenvalue weighted by molar-refractivity contribution is 0.526. The summed E-state index contributed by atoms with van der Waals surface area (Å²) in [6.45, 7) is 3.69. The monoisotopic (exact) mass is 284 g/mol. The van der Waals surface area contributed by atoms with Gasteiger partial charge in [-0.3, -0.25) is 4.57 Å². The van der Waals surface area contributed by atoms with Crippen molar-refractivity contribution in [2.24, 2.45) is 7.05 Å². The van der Waals surface area contributed by atoms with Crippen molar-refractivity contribution in [3.8, 4) is 0 Å². The Morgan fingerprint density at radius 1 is 1.42 bits per heavy atom. The SMILES string of the molecule is CC[C@H](C)NS(=O)(=O)c1ccc2c(c1)oc(=O)n2C. The molecule has 1 heterocycles. The van der Waals surface area contributed by atoms with Gasteiger partial charge in [0.15, 0.2) is 5.58 Å². The third-order valence-electron chi connectivity index (χ3n) is 3.04. The number of oxazole rings is 1. The van der Waals surface area contributed by atoms with Crippen LogP contribution in [0.4, 0.5) is 0 Å². The molecule has 2 aromatic rings. The summed E-state index contributed by atoms with van der Waals surface area (Å²) in [6, 6.07) is 4.23. The van der Waals surface area contributed by atoms with Crippen LogP contribution >= 0.6 is 0 Å². The van der Waals surface area contributed by atoms with E-state index in [0.717, 1.165) is 0 Å². The molecular formula is C12H16N2O4S. The van der Waals surface area contributed by atoms with Crippen LogP contribution in [0.25, 0.3) is 11.1 Å².